The fourth-order valence-electron chi connectivity index (χ4n) is 1.63. The Morgan fingerprint density at radius 3 is 2.83 bits per heavy atom. The van der Waals surface area contributed by atoms with Crippen LogP contribution in [0.4, 0.5) is 4.39 Å². The summed E-state index contributed by atoms with van der Waals surface area (Å²) in [7, 11) is 0. The first kappa shape index (κ1) is 14.5. The van der Waals surface area contributed by atoms with E-state index in [1.807, 2.05) is 6.92 Å². The first-order valence-corrected chi connectivity index (χ1v) is 6.21. The summed E-state index contributed by atoms with van der Waals surface area (Å²) in [5.74, 6) is -0.138. The van der Waals surface area contributed by atoms with Crippen LogP contribution in [0.2, 0.25) is 0 Å². The van der Waals surface area contributed by atoms with Crippen molar-refractivity contribution in [2.24, 2.45) is 0 Å². The van der Waals surface area contributed by atoms with Crippen molar-refractivity contribution in [2.45, 2.75) is 39.7 Å². The molecule has 1 N–H and O–H groups in total. The smallest absolute Gasteiger partial charge is 0.258 e. The Morgan fingerprint density at radius 1 is 1.50 bits per heavy atom. The van der Waals surface area contributed by atoms with Gasteiger partial charge in [-0.3, -0.25) is 4.79 Å². The molecule has 0 aliphatic rings. The molecular weight excluding hydrogens is 233 g/mol. The molecule has 0 aliphatic heterocycles. The highest BCUT2D eigenvalue weighted by Gasteiger charge is 2.07. The Morgan fingerprint density at radius 2 is 2.22 bits per heavy atom. The third kappa shape index (κ3) is 4.73. The molecule has 0 fully saturated rings. The molecule has 0 aromatic heterocycles. The summed E-state index contributed by atoms with van der Waals surface area (Å²) in [5.41, 5.74) is 0.559. The van der Waals surface area contributed by atoms with Crippen LogP contribution >= 0.6 is 0 Å². The van der Waals surface area contributed by atoms with E-state index in [-0.39, 0.29) is 24.4 Å². The summed E-state index contributed by atoms with van der Waals surface area (Å²) in [4.78, 5) is 11.5. The predicted molar refractivity (Wildman–Crippen MR) is 69.1 cm³/mol. The largest absolute Gasteiger partial charge is 0.484 e. The van der Waals surface area contributed by atoms with E-state index in [2.05, 4.69) is 12.2 Å². The SMILES string of the molecule is CCCC(C)NC(=O)COc1ccc(C)c(F)c1. The molecule has 1 rings (SSSR count). The van der Waals surface area contributed by atoms with Gasteiger partial charge in [0.2, 0.25) is 0 Å². The molecule has 0 aliphatic carbocycles. The van der Waals surface area contributed by atoms with E-state index < -0.39 is 0 Å². The van der Waals surface area contributed by atoms with Gasteiger partial charge in [-0.1, -0.05) is 19.4 Å². The van der Waals surface area contributed by atoms with E-state index in [4.69, 9.17) is 4.74 Å². The normalized spacial score (nSPS) is 12.0. The van der Waals surface area contributed by atoms with Gasteiger partial charge in [-0.2, -0.15) is 0 Å². The van der Waals surface area contributed by atoms with Crippen LogP contribution in [0.15, 0.2) is 18.2 Å². The molecule has 0 saturated heterocycles. The fourth-order valence-corrected chi connectivity index (χ4v) is 1.63. The number of amides is 1. The van der Waals surface area contributed by atoms with Gasteiger partial charge in [0.15, 0.2) is 6.61 Å². The third-order valence-electron chi connectivity index (χ3n) is 2.64. The standard InChI is InChI=1S/C14H20FNO2/c1-4-5-11(3)16-14(17)9-18-12-7-6-10(2)13(15)8-12/h6-8,11H,4-5,9H2,1-3H3,(H,16,17). The van der Waals surface area contributed by atoms with Crippen molar-refractivity contribution >= 4 is 5.91 Å². The Balaban J connectivity index is 2.40. The number of nitrogens with one attached hydrogen (secondary N) is 1. The highest BCUT2D eigenvalue weighted by molar-refractivity contribution is 5.77. The van der Waals surface area contributed by atoms with Gasteiger partial charge in [0, 0.05) is 12.1 Å². The molecule has 1 amide bonds. The maximum Gasteiger partial charge on any atom is 0.258 e. The number of carbonyl (C=O) groups excluding carboxylic acids is 1. The minimum Gasteiger partial charge on any atom is -0.484 e. The number of hydrogen-bond acceptors (Lipinski definition) is 2. The number of aryl methyl sites for hydroxylation is 1. The van der Waals surface area contributed by atoms with Gasteiger partial charge < -0.3 is 10.1 Å². The highest BCUT2D eigenvalue weighted by Crippen LogP contribution is 2.15. The predicted octanol–water partition coefficient (Wildman–Crippen LogP) is 2.82. The summed E-state index contributed by atoms with van der Waals surface area (Å²) >= 11 is 0. The minimum absolute atomic E-state index is 0.0868. The second-order valence-electron chi connectivity index (χ2n) is 4.46. The summed E-state index contributed by atoms with van der Waals surface area (Å²) in [5, 5.41) is 2.82. The molecule has 0 heterocycles. The molecule has 18 heavy (non-hydrogen) atoms. The second-order valence-corrected chi connectivity index (χ2v) is 4.46. The lowest BCUT2D eigenvalue weighted by molar-refractivity contribution is -0.123. The van der Waals surface area contributed by atoms with Crippen LogP contribution < -0.4 is 10.1 Å². The number of benzene rings is 1. The van der Waals surface area contributed by atoms with E-state index in [0.717, 1.165) is 12.8 Å². The Hall–Kier alpha value is -1.58. The zero-order valence-electron chi connectivity index (χ0n) is 11.1. The van der Waals surface area contributed by atoms with Crippen molar-refractivity contribution in [1.82, 2.24) is 5.32 Å². The highest BCUT2D eigenvalue weighted by atomic mass is 19.1. The van der Waals surface area contributed by atoms with Crippen LogP contribution in [-0.2, 0) is 4.79 Å². The number of halogens is 1. The lowest BCUT2D eigenvalue weighted by Crippen LogP contribution is -2.35. The van der Waals surface area contributed by atoms with Crippen LogP contribution in [0.1, 0.15) is 32.3 Å². The molecule has 100 valence electrons. The average molecular weight is 253 g/mol. The zero-order chi connectivity index (χ0) is 13.5. The molecule has 1 aromatic rings. The van der Waals surface area contributed by atoms with Crippen LogP contribution in [-0.4, -0.2) is 18.6 Å². The summed E-state index contributed by atoms with van der Waals surface area (Å²) in [6.07, 6.45) is 1.95. The topological polar surface area (TPSA) is 38.3 Å². The van der Waals surface area contributed by atoms with Gasteiger partial charge in [-0.15, -0.1) is 0 Å². The minimum atomic E-state index is -0.327. The lowest BCUT2D eigenvalue weighted by atomic mass is 10.2. The monoisotopic (exact) mass is 253 g/mol. The number of ether oxygens (including phenoxy) is 1. The van der Waals surface area contributed by atoms with Gasteiger partial charge >= 0.3 is 0 Å². The number of hydrogen-bond donors (Lipinski definition) is 1. The summed E-state index contributed by atoms with van der Waals surface area (Å²) in [6.45, 7) is 5.61. The summed E-state index contributed by atoms with van der Waals surface area (Å²) < 4.78 is 18.5. The van der Waals surface area contributed by atoms with Gasteiger partial charge in [-0.05, 0) is 31.9 Å². The van der Waals surface area contributed by atoms with Gasteiger partial charge in [0.25, 0.3) is 5.91 Å². The molecule has 0 spiro atoms. The number of rotatable bonds is 6. The van der Waals surface area contributed by atoms with Crippen LogP contribution in [0.25, 0.3) is 0 Å². The fraction of sp³-hybridized carbons (Fsp3) is 0.500. The van der Waals surface area contributed by atoms with Crippen molar-refractivity contribution < 1.29 is 13.9 Å². The van der Waals surface area contributed by atoms with Gasteiger partial charge in [-0.25, -0.2) is 4.39 Å². The molecule has 4 heteroatoms. The maximum absolute atomic E-state index is 13.2. The van der Waals surface area contributed by atoms with E-state index >= 15 is 0 Å². The van der Waals surface area contributed by atoms with Crippen molar-refractivity contribution in [3.8, 4) is 5.75 Å². The zero-order valence-corrected chi connectivity index (χ0v) is 11.1. The van der Waals surface area contributed by atoms with Crippen LogP contribution in [0.5, 0.6) is 5.75 Å². The second kappa shape index (κ2) is 6.99. The van der Waals surface area contributed by atoms with Crippen LogP contribution in [0.3, 0.4) is 0 Å². The average Bonchev–Trinajstić information content (AvgIpc) is 2.31. The van der Waals surface area contributed by atoms with Crippen molar-refractivity contribution in [2.75, 3.05) is 6.61 Å². The molecule has 0 saturated carbocycles. The quantitative estimate of drug-likeness (QED) is 0.846. The molecule has 0 bridgehead atoms. The molecule has 1 unspecified atom stereocenters. The Kier molecular flexibility index (Phi) is 5.62. The van der Waals surface area contributed by atoms with E-state index in [1.54, 1.807) is 19.1 Å². The number of carbonyl (C=O) groups is 1. The Bertz CT molecular complexity index is 407. The van der Waals surface area contributed by atoms with E-state index in [9.17, 15) is 9.18 Å². The molecule has 0 radical (unpaired) electrons. The van der Waals surface area contributed by atoms with Crippen molar-refractivity contribution in [3.63, 3.8) is 0 Å². The van der Waals surface area contributed by atoms with Gasteiger partial charge in [0.05, 0.1) is 0 Å². The van der Waals surface area contributed by atoms with E-state index in [0.29, 0.717) is 11.3 Å². The molecule has 3 nitrogen and oxygen atoms in total. The third-order valence-corrected chi connectivity index (χ3v) is 2.64. The maximum atomic E-state index is 13.2. The lowest BCUT2D eigenvalue weighted by Gasteiger charge is -2.13. The first-order valence-electron chi connectivity index (χ1n) is 6.21. The first-order chi connectivity index (χ1) is 8.52. The summed E-state index contributed by atoms with van der Waals surface area (Å²) in [6, 6.07) is 4.71. The van der Waals surface area contributed by atoms with Crippen molar-refractivity contribution in [1.29, 1.82) is 0 Å². The molecular formula is C14H20FNO2. The molecule has 1 aromatic carbocycles. The molecule has 1 atom stereocenters. The van der Waals surface area contributed by atoms with Gasteiger partial charge in [0.1, 0.15) is 11.6 Å². The van der Waals surface area contributed by atoms with Crippen LogP contribution in [0, 0.1) is 12.7 Å². The Labute approximate surface area is 107 Å². The van der Waals surface area contributed by atoms with Crippen molar-refractivity contribution in [3.05, 3.63) is 29.6 Å². The van der Waals surface area contributed by atoms with E-state index in [1.165, 1.54) is 6.07 Å².